The van der Waals surface area contributed by atoms with E-state index in [-0.39, 0.29) is 12.6 Å². The molecule has 1 aliphatic rings. The quantitative estimate of drug-likeness (QED) is 0.921. The second-order valence-corrected chi connectivity index (χ2v) is 5.38. The topological polar surface area (TPSA) is 49.5 Å². The van der Waals surface area contributed by atoms with E-state index in [0.717, 1.165) is 42.9 Å². The molecule has 2 aromatic rings. The molecule has 2 heterocycles. The SMILES string of the molecule is CC(c1nc2ccccc2o1)N1CCCC(CO)C1. The van der Waals surface area contributed by atoms with Crippen LogP contribution >= 0.6 is 0 Å². The maximum atomic E-state index is 9.31. The molecule has 0 bridgehead atoms. The van der Waals surface area contributed by atoms with E-state index in [4.69, 9.17) is 4.42 Å². The number of aliphatic hydroxyl groups is 1. The number of benzene rings is 1. The molecule has 1 saturated heterocycles. The summed E-state index contributed by atoms with van der Waals surface area (Å²) in [4.78, 5) is 6.92. The first-order chi connectivity index (χ1) is 9.28. The molecule has 0 radical (unpaired) electrons. The van der Waals surface area contributed by atoms with Crippen LogP contribution < -0.4 is 0 Å². The molecule has 2 atom stereocenters. The minimum absolute atomic E-state index is 0.168. The molecule has 102 valence electrons. The van der Waals surface area contributed by atoms with Crippen LogP contribution in [0.3, 0.4) is 0 Å². The molecular weight excluding hydrogens is 240 g/mol. The Morgan fingerprint density at radius 2 is 2.32 bits per heavy atom. The summed E-state index contributed by atoms with van der Waals surface area (Å²) in [7, 11) is 0. The van der Waals surface area contributed by atoms with Crippen molar-refractivity contribution in [2.75, 3.05) is 19.7 Å². The van der Waals surface area contributed by atoms with Gasteiger partial charge in [-0.1, -0.05) is 12.1 Å². The van der Waals surface area contributed by atoms with Crippen LogP contribution in [0.5, 0.6) is 0 Å². The van der Waals surface area contributed by atoms with Crippen molar-refractivity contribution in [2.45, 2.75) is 25.8 Å². The van der Waals surface area contributed by atoms with Crippen molar-refractivity contribution in [3.8, 4) is 0 Å². The van der Waals surface area contributed by atoms with Gasteiger partial charge in [-0.25, -0.2) is 4.98 Å². The monoisotopic (exact) mass is 260 g/mol. The summed E-state index contributed by atoms with van der Waals surface area (Å²) in [6.07, 6.45) is 2.25. The summed E-state index contributed by atoms with van der Waals surface area (Å²) in [5.74, 6) is 1.17. The Kier molecular flexibility index (Phi) is 3.53. The van der Waals surface area contributed by atoms with Crippen LogP contribution in [-0.4, -0.2) is 34.7 Å². The molecule has 1 aliphatic heterocycles. The van der Waals surface area contributed by atoms with Gasteiger partial charge < -0.3 is 9.52 Å². The third-order valence-electron chi connectivity index (χ3n) is 4.02. The fourth-order valence-electron chi connectivity index (χ4n) is 2.82. The fraction of sp³-hybridized carbons (Fsp3) is 0.533. The molecule has 19 heavy (non-hydrogen) atoms. The maximum Gasteiger partial charge on any atom is 0.212 e. The molecule has 3 rings (SSSR count). The number of para-hydroxylation sites is 2. The minimum Gasteiger partial charge on any atom is -0.439 e. The van der Waals surface area contributed by atoms with Gasteiger partial charge >= 0.3 is 0 Å². The second-order valence-electron chi connectivity index (χ2n) is 5.38. The summed E-state index contributed by atoms with van der Waals surface area (Å²) >= 11 is 0. The third-order valence-corrected chi connectivity index (χ3v) is 4.02. The van der Waals surface area contributed by atoms with E-state index in [2.05, 4.69) is 16.8 Å². The van der Waals surface area contributed by atoms with Crippen LogP contribution in [0.4, 0.5) is 0 Å². The van der Waals surface area contributed by atoms with Crippen LogP contribution in [0.25, 0.3) is 11.1 Å². The molecule has 4 heteroatoms. The van der Waals surface area contributed by atoms with Gasteiger partial charge in [-0.15, -0.1) is 0 Å². The van der Waals surface area contributed by atoms with Crippen LogP contribution in [0.1, 0.15) is 31.7 Å². The van der Waals surface area contributed by atoms with E-state index >= 15 is 0 Å². The van der Waals surface area contributed by atoms with Crippen molar-refractivity contribution in [2.24, 2.45) is 5.92 Å². The van der Waals surface area contributed by atoms with Gasteiger partial charge in [0.05, 0.1) is 6.04 Å². The lowest BCUT2D eigenvalue weighted by Crippen LogP contribution is -2.38. The number of hydrogen-bond donors (Lipinski definition) is 1. The van der Waals surface area contributed by atoms with Crippen molar-refractivity contribution < 1.29 is 9.52 Å². The van der Waals surface area contributed by atoms with Gasteiger partial charge in [-0.2, -0.15) is 0 Å². The Morgan fingerprint density at radius 3 is 3.11 bits per heavy atom. The summed E-state index contributed by atoms with van der Waals surface area (Å²) in [6.45, 7) is 4.38. The largest absolute Gasteiger partial charge is 0.439 e. The van der Waals surface area contributed by atoms with Gasteiger partial charge in [-0.05, 0) is 44.4 Å². The zero-order chi connectivity index (χ0) is 13.2. The average molecular weight is 260 g/mol. The highest BCUT2D eigenvalue weighted by Crippen LogP contribution is 2.28. The van der Waals surface area contributed by atoms with Crippen LogP contribution in [0.2, 0.25) is 0 Å². The van der Waals surface area contributed by atoms with Gasteiger partial charge in [0.15, 0.2) is 5.58 Å². The normalized spacial score (nSPS) is 22.7. The smallest absolute Gasteiger partial charge is 0.212 e. The van der Waals surface area contributed by atoms with E-state index in [0.29, 0.717) is 5.92 Å². The first-order valence-electron chi connectivity index (χ1n) is 6.98. The molecule has 0 spiro atoms. The van der Waals surface area contributed by atoms with Crippen molar-refractivity contribution in [3.63, 3.8) is 0 Å². The molecule has 1 N–H and O–H groups in total. The first-order valence-corrected chi connectivity index (χ1v) is 6.98. The van der Waals surface area contributed by atoms with E-state index < -0.39 is 0 Å². The van der Waals surface area contributed by atoms with Gasteiger partial charge in [0.25, 0.3) is 0 Å². The highest BCUT2D eigenvalue weighted by Gasteiger charge is 2.26. The van der Waals surface area contributed by atoms with E-state index in [1.54, 1.807) is 0 Å². The fourth-order valence-corrected chi connectivity index (χ4v) is 2.82. The van der Waals surface area contributed by atoms with Crippen LogP contribution in [0.15, 0.2) is 28.7 Å². The molecule has 0 saturated carbocycles. The number of fused-ring (bicyclic) bond motifs is 1. The Labute approximate surface area is 113 Å². The Morgan fingerprint density at radius 1 is 1.47 bits per heavy atom. The Hall–Kier alpha value is -1.39. The lowest BCUT2D eigenvalue weighted by atomic mass is 9.98. The standard InChI is InChI=1S/C15H20N2O2/c1-11(17-8-4-5-12(9-17)10-18)15-16-13-6-2-3-7-14(13)19-15/h2-3,6-7,11-12,18H,4-5,8-10H2,1H3. The molecule has 1 aromatic heterocycles. The second kappa shape index (κ2) is 5.31. The molecule has 0 aliphatic carbocycles. The van der Waals surface area contributed by atoms with E-state index in [9.17, 15) is 5.11 Å². The Bertz CT molecular complexity index is 519. The van der Waals surface area contributed by atoms with Crippen molar-refractivity contribution in [1.29, 1.82) is 0 Å². The number of likely N-dealkylation sites (tertiary alicyclic amines) is 1. The van der Waals surface area contributed by atoms with Crippen molar-refractivity contribution in [3.05, 3.63) is 30.2 Å². The van der Waals surface area contributed by atoms with Gasteiger partial charge in [0.2, 0.25) is 5.89 Å². The van der Waals surface area contributed by atoms with Gasteiger partial charge in [0, 0.05) is 13.2 Å². The summed E-state index contributed by atoms with van der Waals surface area (Å²) in [5.41, 5.74) is 1.76. The molecule has 2 unspecified atom stereocenters. The number of rotatable bonds is 3. The average Bonchev–Trinajstić information content (AvgIpc) is 2.90. The summed E-state index contributed by atoms with van der Waals surface area (Å²) in [6, 6.07) is 8.03. The molecule has 1 fully saturated rings. The third kappa shape index (κ3) is 2.51. The van der Waals surface area contributed by atoms with Gasteiger partial charge in [0.1, 0.15) is 5.52 Å². The summed E-state index contributed by atoms with van der Waals surface area (Å²) in [5, 5.41) is 9.31. The number of aromatic nitrogens is 1. The zero-order valence-corrected chi connectivity index (χ0v) is 11.2. The molecule has 4 nitrogen and oxygen atoms in total. The predicted octanol–water partition coefficient (Wildman–Crippen LogP) is 2.59. The minimum atomic E-state index is 0.168. The maximum absolute atomic E-state index is 9.31. The Balaban J connectivity index is 1.80. The molecule has 1 aromatic carbocycles. The van der Waals surface area contributed by atoms with E-state index in [1.807, 2.05) is 24.3 Å². The highest BCUT2D eigenvalue weighted by atomic mass is 16.3. The highest BCUT2D eigenvalue weighted by molar-refractivity contribution is 5.72. The number of piperidine rings is 1. The first kappa shape index (κ1) is 12.6. The zero-order valence-electron chi connectivity index (χ0n) is 11.2. The van der Waals surface area contributed by atoms with Crippen LogP contribution in [0, 0.1) is 5.92 Å². The number of nitrogens with zero attached hydrogens (tertiary/aromatic N) is 2. The van der Waals surface area contributed by atoms with Crippen molar-refractivity contribution >= 4 is 11.1 Å². The molecule has 0 amide bonds. The number of oxazole rings is 1. The molecular formula is C15H20N2O2. The van der Waals surface area contributed by atoms with Gasteiger partial charge in [-0.3, -0.25) is 4.90 Å². The lowest BCUT2D eigenvalue weighted by molar-refractivity contribution is 0.0844. The van der Waals surface area contributed by atoms with E-state index in [1.165, 1.54) is 0 Å². The number of hydrogen-bond acceptors (Lipinski definition) is 4. The summed E-state index contributed by atoms with van der Waals surface area (Å²) < 4.78 is 5.84. The van der Waals surface area contributed by atoms with Crippen molar-refractivity contribution in [1.82, 2.24) is 9.88 Å². The number of aliphatic hydroxyl groups excluding tert-OH is 1. The van der Waals surface area contributed by atoms with Crippen LogP contribution in [-0.2, 0) is 0 Å². The predicted molar refractivity (Wildman–Crippen MR) is 73.8 cm³/mol. The lowest BCUT2D eigenvalue weighted by Gasteiger charge is -2.34.